The van der Waals surface area contributed by atoms with Crippen LogP contribution in [0, 0.1) is 5.82 Å². The Labute approximate surface area is 81.4 Å². The summed E-state index contributed by atoms with van der Waals surface area (Å²) in [6.07, 6.45) is -0.385. The lowest BCUT2D eigenvalue weighted by Crippen LogP contribution is -1.99. The first-order valence-corrected chi connectivity index (χ1v) is 4.38. The summed E-state index contributed by atoms with van der Waals surface area (Å²) in [7, 11) is 1.43. The van der Waals surface area contributed by atoms with Gasteiger partial charge in [-0.25, -0.2) is 4.39 Å². The minimum Gasteiger partial charge on any atom is -0.494 e. The molecule has 1 saturated heterocycles. The van der Waals surface area contributed by atoms with Crippen molar-refractivity contribution >= 4 is 0 Å². The summed E-state index contributed by atoms with van der Waals surface area (Å²) in [6, 6.07) is 4.57. The number of rotatable bonds is 2. The maximum Gasteiger partial charge on any atom is 0.184 e. The van der Waals surface area contributed by atoms with E-state index < -0.39 is 0 Å². The van der Waals surface area contributed by atoms with Crippen LogP contribution < -0.4 is 4.74 Å². The average molecular weight is 198 g/mol. The van der Waals surface area contributed by atoms with Gasteiger partial charge in [-0.3, -0.25) is 0 Å². The minimum absolute atomic E-state index is 0.210. The molecule has 0 N–H and O–H groups in total. The van der Waals surface area contributed by atoms with Crippen molar-refractivity contribution in [3.05, 3.63) is 29.6 Å². The molecule has 0 aromatic heterocycles. The molecule has 0 spiro atoms. The van der Waals surface area contributed by atoms with E-state index in [-0.39, 0.29) is 17.9 Å². The van der Waals surface area contributed by atoms with E-state index in [0.717, 1.165) is 5.56 Å². The standard InChI is InChI=1S/C10H11FO3/c1-12-9-6-7(2-3-8(9)11)10-13-4-5-14-10/h2-3,6,10H,4-5H2,1H3. The van der Waals surface area contributed by atoms with E-state index in [1.54, 1.807) is 12.1 Å². The summed E-state index contributed by atoms with van der Waals surface area (Å²) in [5, 5.41) is 0. The van der Waals surface area contributed by atoms with Crippen molar-refractivity contribution in [2.45, 2.75) is 6.29 Å². The molecule has 1 heterocycles. The molecule has 1 aromatic carbocycles. The molecule has 1 fully saturated rings. The number of ether oxygens (including phenoxy) is 3. The summed E-state index contributed by atoms with van der Waals surface area (Å²) in [5.74, 6) is -0.171. The van der Waals surface area contributed by atoms with E-state index in [9.17, 15) is 4.39 Å². The summed E-state index contributed by atoms with van der Waals surface area (Å²) >= 11 is 0. The Morgan fingerprint density at radius 3 is 2.71 bits per heavy atom. The summed E-state index contributed by atoms with van der Waals surface area (Å²) in [6.45, 7) is 1.15. The van der Waals surface area contributed by atoms with E-state index in [1.165, 1.54) is 13.2 Å². The van der Waals surface area contributed by atoms with Crippen molar-refractivity contribution in [3.8, 4) is 5.75 Å². The molecule has 14 heavy (non-hydrogen) atoms. The number of hydrogen-bond donors (Lipinski definition) is 0. The Bertz CT molecular complexity index is 321. The number of hydrogen-bond acceptors (Lipinski definition) is 3. The molecule has 0 amide bonds. The van der Waals surface area contributed by atoms with E-state index in [2.05, 4.69) is 0 Å². The third-order valence-electron chi connectivity index (χ3n) is 2.07. The molecule has 1 aromatic rings. The molecule has 2 rings (SSSR count). The van der Waals surface area contributed by atoms with Gasteiger partial charge >= 0.3 is 0 Å². The van der Waals surface area contributed by atoms with Gasteiger partial charge in [0.05, 0.1) is 20.3 Å². The van der Waals surface area contributed by atoms with Gasteiger partial charge in [0.25, 0.3) is 0 Å². The van der Waals surface area contributed by atoms with Gasteiger partial charge in [-0.15, -0.1) is 0 Å². The van der Waals surface area contributed by atoms with Crippen molar-refractivity contribution in [3.63, 3.8) is 0 Å². The van der Waals surface area contributed by atoms with Crippen LogP contribution in [0.2, 0.25) is 0 Å². The Balaban J connectivity index is 2.25. The van der Waals surface area contributed by atoms with Crippen molar-refractivity contribution in [1.82, 2.24) is 0 Å². The van der Waals surface area contributed by atoms with E-state index >= 15 is 0 Å². The smallest absolute Gasteiger partial charge is 0.184 e. The van der Waals surface area contributed by atoms with Crippen LogP contribution in [0.1, 0.15) is 11.9 Å². The molecule has 76 valence electrons. The fourth-order valence-corrected chi connectivity index (χ4v) is 1.37. The Kier molecular flexibility index (Phi) is 2.65. The van der Waals surface area contributed by atoms with Crippen molar-refractivity contribution < 1.29 is 18.6 Å². The highest BCUT2D eigenvalue weighted by molar-refractivity contribution is 5.31. The van der Waals surface area contributed by atoms with Gasteiger partial charge in [-0.05, 0) is 12.1 Å². The van der Waals surface area contributed by atoms with Gasteiger partial charge in [0.1, 0.15) is 0 Å². The Morgan fingerprint density at radius 2 is 2.07 bits per heavy atom. The minimum atomic E-state index is -0.385. The normalized spacial score (nSPS) is 17.3. The van der Waals surface area contributed by atoms with Crippen LogP contribution in [-0.4, -0.2) is 20.3 Å². The Morgan fingerprint density at radius 1 is 1.36 bits per heavy atom. The monoisotopic (exact) mass is 198 g/mol. The molecule has 0 atom stereocenters. The highest BCUT2D eigenvalue weighted by Crippen LogP contribution is 2.27. The second-order valence-corrected chi connectivity index (χ2v) is 2.97. The van der Waals surface area contributed by atoms with E-state index in [0.29, 0.717) is 13.2 Å². The lowest BCUT2D eigenvalue weighted by Gasteiger charge is -2.10. The van der Waals surface area contributed by atoms with E-state index in [4.69, 9.17) is 14.2 Å². The Hall–Kier alpha value is -1.13. The first kappa shape index (κ1) is 9.43. The maximum absolute atomic E-state index is 13.1. The predicted octanol–water partition coefficient (Wildman–Crippen LogP) is 1.88. The zero-order valence-electron chi connectivity index (χ0n) is 7.83. The predicted molar refractivity (Wildman–Crippen MR) is 47.6 cm³/mol. The third kappa shape index (κ3) is 1.71. The number of methoxy groups -OCH3 is 1. The van der Waals surface area contributed by atoms with Crippen LogP contribution in [0.5, 0.6) is 5.75 Å². The summed E-state index contributed by atoms with van der Waals surface area (Å²) < 4.78 is 28.5. The van der Waals surface area contributed by atoms with Gasteiger partial charge in [-0.2, -0.15) is 0 Å². The quantitative estimate of drug-likeness (QED) is 0.726. The topological polar surface area (TPSA) is 27.7 Å². The zero-order valence-corrected chi connectivity index (χ0v) is 7.83. The molecule has 0 bridgehead atoms. The lowest BCUT2D eigenvalue weighted by molar-refractivity contribution is -0.0442. The fraction of sp³-hybridized carbons (Fsp3) is 0.400. The van der Waals surface area contributed by atoms with Gasteiger partial charge in [0.15, 0.2) is 17.9 Å². The summed E-state index contributed by atoms with van der Waals surface area (Å²) in [5.41, 5.74) is 0.778. The van der Waals surface area contributed by atoms with Gasteiger partial charge < -0.3 is 14.2 Å². The van der Waals surface area contributed by atoms with E-state index in [1.807, 2.05) is 0 Å². The molecule has 0 radical (unpaired) electrons. The molecule has 0 unspecified atom stereocenters. The third-order valence-corrected chi connectivity index (χ3v) is 2.07. The van der Waals surface area contributed by atoms with Gasteiger partial charge in [0, 0.05) is 5.56 Å². The largest absolute Gasteiger partial charge is 0.494 e. The molecule has 0 saturated carbocycles. The van der Waals surface area contributed by atoms with Crippen molar-refractivity contribution in [2.24, 2.45) is 0 Å². The SMILES string of the molecule is COc1cc(C2OCCO2)ccc1F. The molecule has 1 aliphatic rings. The van der Waals surface area contributed by atoms with Crippen LogP contribution in [0.4, 0.5) is 4.39 Å². The van der Waals surface area contributed by atoms with Crippen LogP contribution in [0.15, 0.2) is 18.2 Å². The second-order valence-electron chi connectivity index (χ2n) is 2.97. The van der Waals surface area contributed by atoms with Gasteiger partial charge in [0.2, 0.25) is 0 Å². The van der Waals surface area contributed by atoms with Crippen LogP contribution >= 0.6 is 0 Å². The second kappa shape index (κ2) is 3.94. The molecule has 3 nitrogen and oxygen atoms in total. The number of halogens is 1. The highest BCUT2D eigenvalue weighted by atomic mass is 19.1. The fourth-order valence-electron chi connectivity index (χ4n) is 1.37. The van der Waals surface area contributed by atoms with Crippen LogP contribution in [-0.2, 0) is 9.47 Å². The molecular formula is C10H11FO3. The molecular weight excluding hydrogens is 187 g/mol. The van der Waals surface area contributed by atoms with Crippen molar-refractivity contribution in [2.75, 3.05) is 20.3 Å². The summed E-state index contributed by atoms with van der Waals surface area (Å²) in [4.78, 5) is 0. The molecule has 0 aliphatic carbocycles. The zero-order chi connectivity index (χ0) is 9.97. The van der Waals surface area contributed by atoms with Crippen LogP contribution in [0.25, 0.3) is 0 Å². The molecule has 4 heteroatoms. The van der Waals surface area contributed by atoms with Gasteiger partial charge in [-0.1, -0.05) is 6.07 Å². The highest BCUT2D eigenvalue weighted by Gasteiger charge is 2.19. The van der Waals surface area contributed by atoms with Crippen molar-refractivity contribution in [1.29, 1.82) is 0 Å². The first-order valence-electron chi connectivity index (χ1n) is 4.38. The van der Waals surface area contributed by atoms with Crippen LogP contribution in [0.3, 0.4) is 0 Å². The molecule has 1 aliphatic heterocycles. The first-order chi connectivity index (χ1) is 6.81. The lowest BCUT2D eigenvalue weighted by atomic mass is 10.2. The number of benzene rings is 1. The average Bonchev–Trinajstić information content (AvgIpc) is 2.71. The maximum atomic E-state index is 13.1.